The molecule has 0 aliphatic carbocycles. The molecule has 1 N–H and O–H groups in total. The maximum absolute atomic E-state index is 5.72. The maximum atomic E-state index is 5.72. The highest BCUT2D eigenvalue weighted by molar-refractivity contribution is 5.47. The number of hydrogen-bond donors (Lipinski definition) is 1. The fourth-order valence-electron chi connectivity index (χ4n) is 2.88. The molecule has 4 heteroatoms. The SMILES string of the molecule is CN1CCC(CNCc2cccc3c2OCCO3)C1. The first kappa shape index (κ1) is 12.8. The van der Waals surface area contributed by atoms with Gasteiger partial charge in [0.05, 0.1) is 0 Å². The summed E-state index contributed by atoms with van der Waals surface area (Å²) < 4.78 is 11.3. The van der Waals surface area contributed by atoms with Crippen LogP contribution in [0.5, 0.6) is 11.5 Å². The molecule has 1 saturated heterocycles. The van der Waals surface area contributed by atoms with E-state index in [1.807, 2.05) is 12.1 Å². The van der Waals surface area contributed by atoms with Crippen molar-refractivity contribution in [1.29, 1.82) is 0 Å². The molecule has 0 saturated carbocycles. The molecule has 2 aliphatic rings. The fourth-order valence-corrected chi connectivity index (χ4v) is 2.88. The van der Waals surface area contributed by atoms with Crippen LogP contribution in [0.4, 0.5) is 0 Å². The standard InChI is InChI=1S/C15H22N2O2/c1-17-6-5-12(11-17)9-16-10-13-3-2-4-14-15(13)19-8-7-18-14/h2-4,12,16H,5-11H2,1H3. The third kappa shape index (κ3) is 3.01. The lowest BCUT2D eigenvalue weighted by molar-refractivity contribution is 0.169. The lowest BCUT2D eigenvalue weighted by Crippen LogP contribution is -2.25. The molecule has 3 rings (SSSR count). The molecule has 19 heavy (non-hydrogen) atoms. The first-order valence-electron chi connectivity index (χ1n) is 7.09. The highest BCUT2D eigenvalue weighted by Crippen LogP contribution is 2.33. The molecule has 0 radical (unpaired) electrons. The van der Waals surface area contributed by atoms with Crippen molar-refractivity contribution in [1.82, 2.24) is 10.2 Å². The van der Waals surface area contributed by atoms with Crippen LogP contribution in [0.15, 0.2) is 18.2 Å². The topological polar surface area (TPSA) is 33.7 Å². The lowest BCUT2D eigenvalue weighted by atomic mass is 10.1. The zero-order valence-corrected chi connectivity index (χ0v) is 11.5. The number of rotatable bonds is 4. The first-order chi connectivity index (χ1) is 9.33. The van der Waals surface area contributed by atoms with Crippen molar-refractivity contribution in [3.8, 4) is 11.5 Å². The molecule has 2 aliphatic heterocycles. The number of likely N-dealkylation sites (tertiary alicyclic amines) is 1. The summed E-state index contributed by atoms with van der Waals surface area (Å²) in [4.78, 5) is 2.40. The number of ether oxygens (including phenoxy) is 2. The maximum Gasteiger partial charge on any atom is 0.165 e. The molecule has 0 bridgehead atoms. The summed E-state index contributed by atoms with van der Waals surface area (Å²) in [5.74, 6) is 2.58. The zero-order valence-electron chi connectivity index (χ0n) is 11.5. The van der Waals surface area contributed by atoms with Crippen LogP contribution in [0.2, 0.25) is 0 Å². The van der Waals surface area contributed by atoms with E-state index in [9.17, 15) is 0 Å². The molecule has 0 amide bonds. The first-order valence-corrected chi connectivity index (χ1v) is 7.09. The molecule has 1 atom stereocenters. The van der Waals surface area contributed by atoms with Crippen LogP contribution in [0, 0.1) is 5.92 Å². The lowest BCUT2D eigenvalue weighted by Gasteiger charge is -2.21. The second-order valence-corrected chi connectivity index (χ2v) is 5.49. The van der Waals surface area contributed by atoms with E-state index in [2.05, 4.69) is 23.3 Å². The summed E-state index contributed by atoms with van der Waals surface area (Å²) in [6, 6.07) is 6.12. The van der Waals surface area contributed by atoms with Crippen LogP contribution in [0.1, 0.15) is 12.0 Å². The third-order valence-corrected chi connectivity index (χ3v) is 3.89. The van der Waals surface area contributed by atoms with Crippen LogP contribution in [0.3, 0.4) is 0 Å². The van der Waals surface area contributed by atoms with E-state index in [1.54, 1.807) is 0 Å². The van der Waals surface area contributed by atoms with E-state index in [0.29, 0.717) is 13.2 Å². The Labute approximate surface area is 114 Å². The predicted octanol–water partition coefficient (Wildman–Crippen LogP) is 1.50. The van der Waals surface area contributed by atoms with Gasteiger partial charge >= 0.3 is 0 Å². The number of nitrogens with one attached hydrogen (secondary N) is 1. The summed E-state index contributed by atoms with van der Waals surface area (Å²) in [5, 5.41) is 3.55. The largest absolute Gasteiger partial charge is 0.486 e. The van der Waals surface area contributed by atoms with Gasteiger partial charge in [0, 0.05) is 18.7 Å². The van der Waals surface area contributed by atoms with Gasteiger partial charge in [-0.3, -0.25) is 0 Å². The highest BCUT2D eigenvalue weighted by Gasteiger charge is 2.19. The summed E-state index contributed by atoms with van der Waals surface area (Å²) in [5.41, 5.74) is 1.20. The minimum absolute atomic E-state index is 0.650. The van der Waals surface area contributed by atoms with Gasteiger partial charge in [-0.15, -0.1) is 0 Å². The van der Waals surface area contributed by atoms with Gasteiger partial charge in [0.1, 0.15) is 13.2 Å². The van der Waals surface area contributed by atoms with Gasteiger partial charge < -0.3 is 19.7 Å². The van der Waals surface area contributed by atoms with E-state index in [1.165, 1.54) is 25.1 Å². The van der Waals surface area contributed by atoms with Crippen molar-refractivity contribution in [2.45, 2.75) is 13.0 Å². The highest BCUT2D eigenvalue weighted by atomic mass is 16.6. The van der Waals surface area contributed by atoms with Crippen molar-refractivity contribution in [2.75, 3.05) is 39.9 Å². The Balaban J connectivity index is 1.55. The number of benzene rings is 1. The molecule has 104 valence electrons. The molecule has 4 nitrogen and oxygen atoms in total. The van der Waals surface area contributed by atoms with Gasteiger partial charge in [0.25, 0.3) is 0 Å². The second kappa shape index (κ2) is 5.80. The number of para-hydroxylation sites is 1. The average Bonchev–Trinajstić information content (AvgIpc) is 2.85. The Morgan fingerprint density at radius 2 is 2.21 bits per heavy atom. The van der Waals surface area contributed by atoms with E-state index in [-0.39, 0.29) is 0 Å². The van der Waals surface area contributed by atoms with Crippen molar-refractivity contribution in [3.63, 3.8) is 0 Å². The van der Waals surface area contributed by atoms with Crippen molar-refractivity contribution in [2.24, 2.45) is 5.92 Å². The Morgan fingerprint density at radius 1 is 1.32 bits per heavy atom. The van der Waals surface area contributed by atoms with Crippen LogP contribution in [0.25, 0.3) is 0 Å². The van der Waals surface area contributed by atoms with E-state index >= 15 is 0 Å². The molecule has 2 heterocycles. The summed E-state index contributed by atoms with van der Waals surface area (Å²) >= 11 is 0. The Morgan fingerprint density at radius 3 is 3.05 bits per heavy atom. The average molecular weight is 262 g/mol. The molecule has 1 aromatic rings. The minimum atomic E-state index is 0.650. The Bertz CT molecular complexity index is 436. The van der Waals surface area contributed by atoms with E-state index in [4.69, 9.17) is 9.47 Å². The van der Waals surface area contributed by atoms with Gasteiger partial charge in [-0.1, -0.05) is 12.1 Å². The van der Waals surface area contributed by atoms with Crippen molar-refractivity contribution < 1.29 is 9.47 Å². The minimum Gasteiger partial charge on any atom is -0.486 e. The van der Waals surface area contributed by atoms with E-state index < -0.39 is 0 Å². The predicted molar refractivity (Wildman–Crippen MR) is 74.7 cm³/mol. The molecular formula is C15H22N2O2. The van der Waals surface area contributed by atoms with Gasteiger partial charge in [-0.25, -0.2) is 0 Å². The summed E-state index contributed by atoms with van der Waals surface area (Å²) in [6.45, 7) is 5.67. The van der Waals surface area contributed by atoms with Crippen LogP contribution in [-0.4, -0.2) is 44.8 Å². The fraction of sp³-hybridized carbons (Fsp3) is 0.600. The van der Waals surface area contributed by atoms with Crippen LogP contribution < -0.4 is 14.8 Å². The van der Waals surface area contributed by atoms with Gasteiger partial charge in [-0.05, 0) is 38.5 Å². The molecular weight excluding hydrogens is 240 g/mol. The monoisotopic (exact) mass is 262 g/mol. The Kier molecular flexibility index (Phi) is 3.89. The van der Waals surface area contributed by atoms with Gasteiger partial charge in [-0.2, -0.15) is 0 Å². The quantitative estimate of drug-likeness (QED) is 0.891. The number of hydrogen-bond acceptors (Lipinski definition) is 4. The smallest absolute Gasteiger partial charge is 0.165 e. The normalized spacial score (nSPS) is 22.7. The zero-order chi connectivity index (χ0) is 13.1. The van der Waals surface area contributed by atoms with Gasteiger partial charge in [0.2, 0.25) is 0 Å². The molecule has 0 aromatic heterocycles. The van der Waals surface area contributed by atoms with Crippen molar-refractivity contribution >= 4 is 0 Å². The number of nitrogens with zero attached hydrogens (tertiary/aromatic N) is 1. The summed E-state index contributed by atoms with van der Waals surface area (Å²) in [6.07, 6.45) is 1.30. The van der Waals surface area contributed by atoms with Gasteiger partial charge in [0.15, 0.2) is 11.5 Å². The number of fused-ring (bicyclic) bond motifs is 1. The third-order valence-electron chi connectivity index (χ3n) is 3.89. The summed E-state index contributed by atoms with van der Waals surface area (Å²) in [7, 11) is 2.19. The van der Waals surface area contributed by atoms with Crippen molar-refractivity contribution in [3.05, 3.63) is 23.8 Å². The Hall–Kier alpha value is -1.26. The van der Waals surface area contributed by atoms with E-state index in [0.717, 1.165) is 30.5 Å². The molecule has 1 unspecified atom stereocenters. The molecule has 1 fully saturated rings. The van der Waals surface area contributed by atoms with Crippen LogP contribution in [-0.2, 0) is 6.54 Å². The molecule has 0 spiro atoms. The molecule has 1 aromatic carbocycles. The second-order valence-electron chi connectivity index (χ2n) is 5.49. The van der Waals surface area contributed by atoms with Crippen LogP contribution >= 0.6 is 0 Å².